The summed E-state index contributed by atoms with van der Waals surface area (Å²) in [7, 11) is 0. The lowest BCUT2D eigenvalue weighted by molar-refractivity contribution is 0.203. The van der Waals surface area contributed by atoms with Crippen molar-refractivity contribution in [2.24, 2.45) is 0 Å². The van der Waals surface area contributed by atoms with E-state index in [9.17, 15) is 0 Å². The number of hydrogen-bond donors (Lipinski definition) is 1. The lowest BCUT2D eigenvalue weighted by Gasteiger charge is -2.31. The smallest absolute Gasteiger partial charge is 0.227 e. The molecule has 0 unspecified atom stereocenters. The van der Waals surface area contributed by atoms with Crippen molar-refractivity contribution in [2.45, 2.75) is 25.3 Å². The predicted molar refractivity (Wildman–Crippen MR) is 101 cm³/mol. The summed E-state index contributed by atoms with van der Waals surface area (Å²) in [5.41, 5.74) is 3.28. The number of rotatable bonds is 5. The van der Waals surface area contributed by atoms with E-state index in [1.165, 1.54) is 11.9 Å². The van der Waals surface area contributed by atoms with Gasteiger partial charge in [-0.25, -0.2) is 19.9 Å². The Morgan fingerprint density at radius 3 is 2.54 bits per heavy atom. The van der Waals surface area contributed by atoms with Crippen LogP contribution in [0.15, 0.2) is 61.3 Å². The highest BCUT2D eigenvalue weighted by atomic mass is 15.1. The van der Waals surface area contributed by atoms with Crippen LogP contribution in [0.4, 0.5) is 11.6 Å². The fourth-order valence-corrected chi connectivity index (χ4v) is 3.38. The van der Waals surface area contributed by atoms with Gasteiger partial charge < -0.3 is 5.32 Å². The van der Waals surface area contributed by atoms with Gasteiger partial charge in [0.2, 0.25) is 5.95 Å². The van der Waals surface area contributed by atoms with Crippen LogP contribution in [0.3, 0.4) is 0 Å². The lowest BCUT2D eigenvalue weighted by atomic mass is 9.93. The van der Waals surface area contributed by atoms with Crippen LogP contribution in [-0.2, 0) is 6.54 Å². The van der Waals surface area contributed by atoms with E-state index in [2.05, 4.69) is 55.5 Å². The number of piperidine rings is 1. The zero-order chi connectivity index (χ0) is 17.6. The molecule has 4 rings (SSSR count). The molecule has 1 saturated heterocycles. The summed E-state index contributed by atoms with van der Waals surface area (Å²) in [6, 6.07) is 12.7. The van der Waals surface area contributed by atoms with Gasteiger partial charge in [0.1, 0.15) is 6.33 Å². The zero-order valence-electron chi connectivity index (χ0n) is 14.6. The average molecular weight is 346 g/mol. The summed E-state index contributed by atoms with van der Waals surface area (Å²) < 4.78 is 0. The third-order valence-electron chi connectivity index (χ3n) is 4.75. The van der Waals surface area contributed by atoms with Gasteiger partial charge in [0.25, 0.3) is 0 Å². The number of aromatic nitrogens is 4. The molecule has 1 N–H and O–H groups in total. The molecule has 3 aromatic rings. The number of anilines is 2. The van der Waals surface area contributed by atoms with E-state index < -0.39 is 0 Å². The molecule has 0 saturated carbocycles. The maximum atomic E-state index is 4.70. The van der Waals surface area contributed by atoms with E-state index in [0.29, 0.717) is 11.9 Å². The minimum atomic E-state index is 0.484. The first kappa shape index (κ1) is 16.6. The fourth-order valence-electron chi connectivity index (χ4n) is 3.38. The second-order valence-corrected chi connectivity index (χ2v) is 6.59. The SMILES string of the molecule is c1ccc(CN2CCC(c3ccnc(Nc4cncnc4)n3)CC2)cc1. The molecule has 1 aliphatic heterocycles. The Morgan fingerprint density at radius 1 is 1.00 bits per heavy atom. The Kier molecular flexibility index (Phi) is 5.12. The van der Waals surface area contributed by atoms with E-state index in [-0.39, 0.29) is 0 Å². The maximum Gasteiger partial charge on any atom is 0.227 e. The van der Waals surface area contributed by atoms with Crippen molar-refractivity contribution < 1.29 is 0 Å². The largest absolute Gasteiger partial charge is 0.322 e. The Hall–Kier alpha value is -2.86. The van der Waals surface area contributed by atoms with E-state index in [4.69, 9.17) is 4.98 Å². The zero-order valence-corrected chi connectivity index (χ0v) is 14.6. The van der Waals surface area contributed by atoms with Gasteiger partial charge in [0, 0.05) is 24.4 Å². The molecule has 0 radical (unpaired) electrons. The van der Waals surface area contributed by atoms with Gasteiger partial charge in [-0.3, -0.25) is 4.90 Å². The molecule has 6 nitrogen and oxygen atoms in total. The van der Waals surface area contributed by atoms with Gasteiger partial charge in [0.05, 0.1) is 18.1 Å². The normalized spacial score (nSPS) is 15.7. The van der Waals surface area contributed by atoms with Crippen LogP contribution in [0.1, 0.15) is 30.0 Å². The number of benzene rings is 1. The minimum absolute atomic E-state index is 0.484. The third kappa shape index (κ3) is 4.21. The average Bonchev–Trinajstić information content (AvgIpc) is 2.70. The Bertz CT molecular complexity index is 816. The molecule has 0 aliphatic carbocycles. The van der Waals surface area contributed by atoms with Gasteiger partial charge >= 0.3 is 0 Å². The number of likely N-dealkylation sites (tertiary alicyclic amines) is 1. The van der Waals surface area contributed by atoms with Crippen molar-refractivity contribution in [1.29, 1.82) is 0 Å². The molecule has 0 spiro atoms. The monoisotopic (exact) mass is 346 g/mol. The van der Waals surface area contributed by atoms with Gasteiger partial charge in [-0.1, -0.05) is 30.3 Å². The molecule has 1 aliphatic rings. The van der Waals surface area contributed by atoms with Crippen molar-refractivity contribution >= 4 is 11.6 Å². The molecule has 26 heavy (non-hydrogen) atoms. The molecular weight excluding hydrogens is 324 g/mol. The van der Waals surface area contributed by atoms with Gasteiger partial charge in [0.15, 0.2) is 0 Å². The van der Waals surface area contributed by atoms with Crippen LogP contribution >= 0.6 is 0 Å². The van der Waals surface area contributed by atoms with E-state index in [1.807, 2.05) is 12.3 Å². The first-order valence-electron chi connectivity index (χ1n) is 8.98. The quantitative estimate of drug-likeness (QED) is 0.764. The summed E-state index contributed by atoms with van der Waals surface area (Å²) in [5.74, 6) is 1.08. The van der Waals surface area contributed by atoms with E-state index in [0.717, 1.165) is 43.9 Å². The molecule has 2 aromatic heterocycles. The minimum Gasteiger partial charge on any atom is -0.322 e. The molecule has 132 valence electrons. The van der Waals surface area contributed by atoms with Crippen LogP contribution < -0.4 is 5.32 Å². The summed E-state index contributed by atoms with van der Waals surface area (Å²) in [5, 5.41) is 3.17. The van der Waals surface area contributed by atoms with Crippen LogP contribution in [0.5, 0.6) is 0 Å². The number of hydrogen-bond acceptors (Lipinski definition) is 6. The molecule has 0 bridgehead atoms. The van der Waals surface area contributed by atoms with Crippen LogP contribution in [0.25, 0.3) is 0 Å². The summed E-state index contributed by atoms with van der Waals surface area (Å²) in [6.45, 7) is 3.22. The second kappa shape index (κ2) is 8.01. The molecule has 1 aromatic carbocycles. The number of nitrogens with one attached hydrogen (secondary N) is 1. The topological polar surface area (TPSA) is 66.8 Å². The van der Waals surface area contributed by atoms with Crippen LogP contribution in [0.2, 0.25) is 0 Å². The predicted octanol–water partition coefficient (Wildman–Crippen LogP) is 3.39. The van der Waals surface area contributed by atoms with Crippen molar-refractivity contribution in [2.75, 3.05) is 18.4 Å². The van der Waals surface area contributed by atoms with Gasteiger partial charge in [-0.15, -0.1) is 0 Å². The van der Waals surface area contributed by atoms with Gasteiger partial charge in [-0.05, 0) is 37.6 Å². The molecular formula is C20H22N6. The molecule has 0 amide bonds. The molecule has 0 atom stereocenters. The van der Waals surface area contributed by atoms with Gasteiger partial charge in [-0.2, -0.15) is 0 Å². The highest BCUT2D eigenvalue weighted by Crippen LogP contribution is 2.28. The Labute approximate surface area is 153 Å². The van der Waals surface area contributed by atoms with Crippen molar-refractivity contribution in [3.63, 3.8) is 0 Å². The Balaban J connectivity index is 1.36. The fraction of sp³-hybridized carbons (Fsp3) is 0.300. The number of nitrogens with zero attached hydrogens (tertiary/aromatic N) is 5. The third-order valence-corrected chi connectivity index (χ3v) is 4.75. The second-order valence-electron chi connectivity index (χ2n) is 6.59. The highest BCUT2D eigenvalue weighted by Gasteiger charge is 2.22. The van der Waals surface area contributed by atoms with Crippen LogP contribution in [0, 0.1) is 0 Å². The van der Waals surface area contributed by atoms with E-state index >= 15 is 0 Å². The standard InChI is InChI=1S/C20H22N6/c1-2-4-16(5-3-1)14-26-10-7-17(8-11-26)19-6-9-23-20(25-19)24-18-12-21-15-22-13-18/h1-6,9,12-13,15,17H,7-8,10-11,14H2,(H,23,24,25). The highest BCUT2D eigenvalue weighted by molar-refractivity contribution is 5.49. The first-order valence-corrected chi connectivity index (χ1v) is 8.98. The first-order chi connectivity index (χ1) is 12.9. The summed E-state index contributed by atoms with van der Waals surface area (Å²) in [6.07, 6.45) is 9.00. The molecule has 3 heterocycles. The summed E-state index contributed by atoms with van der Waals surface area (Å²) in [4.78, 5) is 19.5. The molecule has 1 fully saturated rings. The van der Waals surface area contributed by atoms with Crippen molar-refractivity contribution in [3.05, 3.63) is 72.6 Å². The summed E-state index contributed by atoms with van der Waals surface area (Å²) >= 11 is 0. The molecule has 6 heteroatoms. The van der Waals surface area contributed by atoms with Crippen molar-refractivity contribution in [1.82, 2.24) is 24.8 Å². The maximum absolute atomic E-state index is 4.70. The van der Waals surface area contributed by atoms with E-state index in [1.54, 1.807) is 12.4 Å². The lowest BCUT2D eigenvalue weighted by Crippen LogP contribution is -2.32. The Morgan fingerprint density at radius 2 is 1.77 bits per heavy atom. The van der Waals surface area contributed by atoms with Crippen LogP contribution in [-0.4, -0.2) is 37.9 Å². The van der Waals surface area contributed by atoms with Crippen molar-refractivity contribution in [3.8, 4) is 0 Å².